The maximum Gasteiger partial charge on any atom is 0.311 e. The van der Waals surface area contributed by atoms with E-state index in [2.05, 4.69) is 0 Å². The van der Waals surface area contributed by atoms with E-state index in [-0.39, 0.29) is 12.4 Å². The molecule has 0 saturated carbocycles. The van der Waals surface area contributed by atoms with E-state index >= 15 is 0 Å². The first-order valence-electron chi connectivity index (χ1n) is 4.51. The van der Waals surface area contributed by atoms with Gasteiger partial charge in [-0.1, -0.05) is 0 Å². The molecule has 4 heteroatoms. The number of ether oxygens (including phenoxy) is 3. The first kappa shape index (κ1) is 12.4. The normalized spacial score (nSPS) is 10.5. The smallest absolute Gasteiger partial charge is 0.311 e. The summed E-state index contributed by atoms with van der Waals surface area (Å²) in [5.41, 5.74) is 0. The van der Waals surface area contributed by atoms with E-state index in [1.165, 1.54) is 0 Å². The summed E-state index contributed by atoms with van der Waals surface area (Å²) in [6.07, 6.45) is 0.415. The first-order valence-corrected chi connectivity index (χ1v) is 4.51. The molecule has 0 bridgehead atoms. The lowest BCUT2D eigenvalue weighted by Gasteiger charge is -2.13. The van der Waals surface area contributed by atoms with Crippen molar-refractivity contribution in [2.45, 2.75) is 27.2 Å². The van der Waals surface area contributed by atoms with Gasteiger partial charge in [0.2, 0.25) is 6.29 Å². The Balaban J connectivity index is 3.71. The molecule has 0 aliphatic heterocycles. The second-order valence-electron chi connectivity index (χ2n) is 2.22. The summed E-state index contributed by atoms with van der Waals surface area (Å²) in [6, 6.07) is 0. The second kappa shape index (κ2) is 8.01. The molecule has 0 spiro atoms. The van der Waals surface area contributed by atoms with Gasteiger partial charge in [0, 0.05) is 13.2 Å². The third-order valence-electron chi connectivity index (χ3n) is 1.20. The topological polar surface area (TPSA) is 44.8 Å². The van der Waals surface area contributed by atoms with Crippen LogP contribution >= 0.6 is 0 Å². The van der Waals surface area contributed by atoms with E-state index in [1.807, 2.05) is 13.8 Å². The second-order valence-corrected chi connectivity index (χ2v) is 2.22. The van der Waals surface area contributed by atoms with Crippen LogP contribution in [0.1, 0.15) is 27.2 Å². The SMILES string of the molecule is CCO[C](CC(=O)OCC)OCC. The van der Waals surface area contributed by atoms with Crippen molar-refractivity contribution in [2.75, 3.05) is 19.8 Å². The van der Waals surface area contributed by atoms with Gasteiger partial charge < -0.3 is 14.2 Å². The Kier molecular flexibility index (Phi) is 7.63. The molecule has 0 rings (SSSR count). The summed E-state index contributed by atoms with van der Waals surface area (Å²) in [7, 11) is 0. The molecule has 0 atom stereocenters. The van der Waals surface area contributed by atoms with Gasteiger partial charge in [-0.15, -0.1) is 0 Å². The number of carbonyl (C=O) groups is 1. The van der Waals surface area contributed by atoms with E-state index in [1.54, 1.807) is 6.92 Å². The maximum absolute atomic E-state index is 11.0. The fraction of sp³-hybridized carbons (Fsp3) is 0.778. The summed E-state index contributed by atoms with van der Waals surface area (Å²) in [5.74, 6) is -0.320. The van der Waals surface area contributed by atoms with Crippen molar-refractivity contribution in [3.8, 4) is 0 Å². The average molecular weight is 189 g/mol. The zero-order valence-electron chi connectivity index (χ0n) is 8.46. The first-order chi connectivity index (χ1) is 6.24. The summed E-state index contributed by atoms with van der Waals surface area (Å²) < 4.78 is 14.9. The van der Waals surface area contributed by atoms with Crippen LogP contribution in [0.2, 0.25) is 0 Å². The van der Waals surface area contributed by atoms with Gasteiger partial charge in [0.25, 0.3) is 0 Å². The van der Waals surface area contributed by atoms with Gasteiger partial charge in [0.05, 0.1) is 6.61 Å². The molecule has 4 nitrogen and oxygen atoms in total. The number of rotatable bonds is 7. The van der Waals surface area contributed by atoms with Gasteiger partial charge in [0.15, 0.2) is 0 Å². The lowest BCUT2D eigenvalue weighted by molar-refractivity contribution is -0.148. The van der Waals surface area contributed by atoms with E-state index in [0.717, 1.165) is 0 Å². The molecule has 13 heavy (non-hydrogen) atoms. The predicted octanol–water partition coefficient (Wildman–Crippen LogP) is 1.50. The molecular formula is C9H17O4. The molecule has 77 valence electrons. The van der Waals surface area contributed by atoms with Crippen molar-refractivity contribution in [1.29, 1.82) is 0 Å². The van der Waals surface area contributed by atoms with Gasteiger partial charge in [-0.3, -0.25) is 4.79 Å². The van der Waals surface area contributed by atoms with Crippen LogP contribution in [0.4, 0.5) is 0 Å². The number of esters is 1. The maximum atomic E-state index is 11.0. The Morgan fingerprint density at radius 3 is 1.77 bits per heavy atom. The molecule has 1 radical (unpaired) electrons. The molecule has 0 amide bonds. The highest BCUT2D eigenvalue weighted by Crippen LogP contribution is 2.10. The Hall–Kier alpha value is -0.610. The zero-order chi connectivity index (χ0) is 10.1. The molecule has 0 aromatic rings. The summed E-state index contributed by atoms with van der Waals surface area (Å²) in [6.45, 7) is 6.81. The fourth-order valence-corrected chi connectivity index (χ4v) is 0.796. The van der Waals surface area contributed by atoms with Gasteiger partial charge in [-0.2, -0.15) is 0 Å². The Bertz CT molecular complexity index is 130. The van der Waals surface area contributed by atoms with Crippen LogP contribution in [-0.2, 0) is 19.0 Å². The van der Waals surface area contributed by atoms with E-state index < -0.39 is 0 Å². The molecule has 0 saturated heterocycles. The molecule has 0 unspecified atom stereocenters. The fourth-order valence-electron chi connectivity index (χ4n) is 0.796. The predicted molar refractivity (Wildman–Crippen MR) is 47.7 cm³/mol. The summed E-state index contributed by atoms with van der Waals surface area (Å²) in [4.78, 5) is 11.0. The minimum Gasteiger partial charge on any atom is -0.466 e. The Morgan fingerprint density at radius 1 is 0.923 bits per heavy atom. The minimum absolute atomic E-state index is 0.0789. The van der Waals surface area contributed by atoms with Crippen molar-refractivity contribution < 1.29 is 19.0 Å². The van der Waals surface area contributed by atoms with Crippen LogP contribution in [-0.4, -0.2) is 25.8 Å². The lowest BCUT2D eigenvalue weighted by atomic mass is 10.4. The van der Waals surface area contributed by atoms with Crippen LogP contribution in [0, 0.1) is 6.29 Å². The van der Waals surface area contributed by atoms with Crippen molar-refractivity contribution >= 4 is 5.97 Å². The number of carbonyl (C=O) groups excluding carboxylic acids is 1. The molecule has 0 aliphatic rings. The van der Waals surface area contributed by atoms with Crippen molar-refractivity contribution in [3.63, 3.8) is 0 Å². The van der Waals surface area contributed by atoms with Crippen molar-refractivity contribution in [3.05, 3.63) is 6.29 Å². The van der Waals surface area contributed by atoms with Gasteiger partial charge in [-0.05, 0) is 20.8 Å². The number of hydrogen-bond acceptors (Lipinski definition) is 4. The Morgan fingerprint density at radius 2 is 1.38 bits per heavy atom. The van der Waals surface area contributed by atoms with Crippen LogP contribution in [0.15, 0.2) is 0 Å². The summed E-state index contributed by atoms with van der Waals surface area (Å²) >= 11 is 0. The van der Waals surface area contributed by atoms with Gasteiger partial charge in [-0.25, -0.2) is 0 Å². The van der Waals surface area contributed by atoms with E-state index in [0.29, 0.717) is 26.1 Å². The molecular weight excluding hydrogens is 172 g/mol. The summed E-state index contributed by atoms with van der Waals surface area (Å²) in [5, 5.41) is 0. The van der Waals surface area contributed by atoms with Crippen LogP contribution in [0.3, 0.4) is 0 Å². The highest BCUT2D eigenvalue weighted by molar-refractivity contribution is 5.70. The quantitative estimate of drug-likeness (QED) is 0.569. The third kappa shape index (κ3) is 6.54. The lowest BCUT2D eigenvalue weighted by Crippen LogP contribution is -2.15. The number of hydrogen-bond donors (Lipinski definition) is 0. The molecule has 0 aromatic carbocycles. The molecule has 0 fully saturated rings. The van der Waals surface area contributed by atoms with Gasteiger partial charge in [0.1, 0.15) is 6.42 Å². The monoisotopic (exact) mass is 189 g/mol. The van der Waals surface area contributed by atoms with Crippen molar-refractivity contribution in [1.82, 2.24) is 0 Å². The minimum atomic E-state index is -0.320. The van der Waals surface area contributed by atoms with Crippen LogP contribution in [0.25, 0.3) is 0 Å². The van der Waals surface area contributed by atoms with Crippen molar-refractivity contribution in [2.24, 2.45) is 0 Å². The molecule has 0 N–H and O–H groups in total. The van der Waals surface area contributed by atoms with Gasteiger partial charge >= 0.3 is 5.97 Å². The average Bonchev–Trinajstić information content (AvgIpc) is 2.05. The third-order valence-corrected chi connectivity index (χ3v) is 1.20. The highest BCUT2D eigenvalue weighted by atomic mass is 16.7. The molecule has 0 aromatic heterocycles. The highest BCUT2D eigenvalue weighted by Gasteiger charge is 2.16. The Labute approximate surface area is 79.2 Å². The molecule has 0 aliphatic carbocycles. The largest absolute Gasteiger partial charge is 0.466 e. The molecule has 0 heterocycles. The standard InChI is InChI=1S/C9H17O4/c1-4-11-8(10)7-9(12-5-2)13-6-3/h4-7H2,1-3H3. The van der Waals surface area contributed by atoms with E-state index in [9.17, 15) is 4.79 Å². The van der Waals surface area contributed by atoms with E-state index in [4.69, 9.17) is 14.2 Å². The zero-order valence-corrected chi connectivity index (χ0v) is 8.46. The van der Waals surface area contributed by atoms with Crippen LogP contribution in [0.5, 0.6) is 0 Å². The van der Waals surface area contributed by atoms with Crippen LogP contribution < -0.4 is 0 Å².